The molecule has 164 valence electrons. The maximum Gasteiger partial charge on any atom is 0.219 e. The molecule has 0 heterocycles. The Morgan fingerprint density at radius 2 is 1.75 bits per heavy atom. The predicted molar refractivity (Wildman–Crippen MR) is 135 cm³/mol. The molecule has 0 aliphatic carbocycles. The second-order valence-corrected chi connectivity index (χ2v) is 10.9. The van der Waals surface area contributed by atoms with Gasteiger partial charge in [0.15, 0.2) is 4.91 Å². The molecule has 0 amide bonds. The third-order valence-electron chi connectivity index (χ3n) is 4.83. The van der Waals surface area contributed by atoms with Crippen LogP contribution in [0.2, 0.25) is 0 Å². The zero-order valence-electron chi connectivity index (χ0n) is 18.1. The van der Waals surface area contributed by atoms with Crippen LogP contribution in [0.25, 0.3) is 0 Å². The molecule has 3 aromatic rings. The molecule has 0 radical (unpaired) electrons. The fraction of sp³-hybridized carbons (Fsp3) is 0.160. The molecule has 0 bridgehead atoms. The summed E-state index contributed by atoms with van der Waals surface area (Å²) in [4.78, 5) is 0.854. The Hall–Kier alpha value is -2.66. The van der Waals surface area contributed by atoms with Crippen LogP contribution < -0.4 is 5.32 Å². The van der Waals surface area contributed by atoms with Crippen LogP contribution in [0.3, 0.4) is 0 Å². The number of nitrogens with one attached hydrogen (secondary N) is 1. The topological polar surface area (TPSA) is 70.0 Å². The van der Waals surface area contributed by atoms with Gasteiger partial charge in [0.1, 0.15) is 11.1 Å². The SMILES string of the molecule is CSc1cccc(NC(SCc2ccc(C)cc2C)=C(C#N)S(=O)(=O)c2ccccc2)c1. The minimum absolute atomic E-state index is 0.0980. The van der Waals surface area contributed by atoms with Gasteiger partial charge in [-0.2, -0.15) is 5.26 Å². The second kappa shape index (κ2) is 10.8. The summed E-state index contributed by atoms with van der Waals surface area (Å²) < 4.78 is 26.6. The lowest BCUT2D eigenvalue weighted by atomic mass is 10.1. The zero-order valence-corrected chi connectivity index (χ0v) is 20.6. The predicted octanol–water partition coefficient (Wildman–Crippen LogP) is 6.54. The quantitative estimate of drug-likeness (QED) is 0.292. The highest BCUT2D eigenvalue weighted by molar-refractivity contribution is 8.04. The van der Waals surface area contributed by atoms with Gasteiger partial charge in [-0.25, -0.2) is 8.42 Å². The van der Waals surface area contributed by atoms with Crippen LogP contribution in [-0.2, 0) is 15.6 Å². The maximum atomic E-state index is 13.3. The molecule has 7 heteroatoms. The van der Waals surface area contributed by atoms with Crippen LogP contribution in [-0.4, -0.2) is 14.7 Å². The van der Waals surface area contributed by atoms with E-state index in [-0.39, 0.29) is 9.80 Å². The van der Waals surface area contributed by atoms with Crippen molar-refractivity contribution < 1.29 is 8.42 Å². The van der Waals surface area contributed by atoms with Crippen LogP contribution in [0, 0.1) is 25.2 Å². The number of sulfone groups is 1. The third kappa shape index (κ3) is 5.77. The van der Waals surface area contributed by atoms with Gasteiger partial charge in [0, 0.05) is 16.3 Å². The molecule has 0 atom stereocenters. The fourth-order valence-electron chi connectivity index (χ4n) is 3.10. The first-order chi connectivity index (χ1) is 15.3. The summed E-state index contributed by atoms with van der Waals surface area (Å²) in [5.74, 6) is 0.534. The van der Waals surface area contributed by atoms with E-state index >= 15 is 0 Å². The summed E-state index contributed by atoms with van der Waals surface area (Å²) in [7, 11) is -3.98. The molecule has 1 N–H and O–H groups in total. The van der Waals surface area contributed by atoms with Crippen molar-refractivity contribution in [2.75, 3.05) is 11.6 Å². The van der Waals surface area contributed by atoms with Gasteiger partial charge in [0.2, 0.25) is 9.84 Å². The molecule has 0 aromatic heterocycles. The lowest BCUT2D eigenvalue weighted by molar-refractivity contribution is 0.603. The van der Waals surface area contributed by atoms with E-state index in [0.29, 0.717) is 10.8 Å². The van der Waals surface area contributed by atoms with Gasteiger partial charge in [0.25, 0.3) is 0 Å². The third-order valence-corrected chi connectivity index (χ3v) is 8.46. The minimum atomic E-state index is -3.98. The average molecular weight is 481 g/mol. The number of nitriles is 1. The largest absolute Gasteiger partial charge is 0.349 e. The number of nitrogens with zero attached hydrogens (tertiary/aromatic N) is 1. The molecule has 3 rings (SSSR count). The van der Waals surface area contributed by atoms with E-state index < -0.39 is 9.84 Å². The van der Waals surface area contributed by atoms with E-state index in [0.717, 1.165) is 21.7 Å². The van der Waals surface area contributed by atoms with Gasteiger partial charge in [-0.15, -0.1) is 23.5 Å². The number of rotatable bonds is 8. The minimum Gasteiger partial charge on any atom is -0.349 e. The normalized spacial score (nSPS) is 12.1. The summed E-state index contributed by atoms with van der Waals surface area (Å²) in [6.07, 6.45) is 1.98. The molecule has 0 aliphatic heterocycles. The first kappa shape index (κ1) is 24.0. The molecule has 0 unspecified atom stereocenters. The van der Waals surface area contributed by atoms with Crippen molar-refractivity contribution in [1.29, 1.82) is 5.26 Å². The van der Waals surface area contributed by atoms with Crippen molar-refractivity contribution in [1.82, 2.24) is 0 Å². The van der Waals surface area contributed by atoms with Crippen molar-refractivity contribution >= 4 is 39.0 Å². The van der Waals surface area contributed by atoms with Gasteiger partial charge >= 0.3 is 0 Å². The van der Waals surface area contributed by atoms with Crippen LogP contribution in [0.15, 0.2) is 92.5 Å². The summed E-state index contributed by atoms with van der Waals surface area (Å²) in [5.41, 5.74) is 4.12. The maximum absolute atomic E-state index is 13.3. The van der Waals surface area contributed by atoms with E-state index in [9.17, 15) is 13.7 Å². The number of anilines is 1. The van der Waals surface area contributed by atoms with Crippen LogP contribution in [0.1, 0.15) is 16.7 Å². The van der Waals surface area contributed by atoms with E-state index in [4.69, 9.17) is 0 Å². The number of allylic oxidation sites excluding steroid dienone is 1. The van der Waals surface area contributed by atoms with Gasteiger partial charge in [-0.05, 0) is 61.6 Å². The molecule has 4 nitrogen and oxygen atoms in total. The lowest BCUT2D eigenvalue weighted by Gasteiger charge is -2.15. The summed E-state index contributed by atoms with van der Waals surface area (Å²) >= 11 is 2.91. The van der Waals surface area contributed by atoms with Crippen molar-refractivity contribution in [2.24, 2.45) is 0 Å². The number of hydrogen-bond acceptors (Lipinski definition) is 6. The lowest BCUT2D eigenvalue weighted by Crippen LogP contribution is -2.10. The molecule has 0 spiro atoms. The van der Waals surface area contributed by atoms with Crippen LogP contribution in [0.5, 0.6) is 0 Å². The highest BCUT2D eigenvalue weighted by atomic mass is 32.2. The molecule has 3 aromatic carbocycles. The van der Waals surface area contributed by atoms with Gasteiger partial charge in [-0.3, -0.25) is 0 Å². The second-order valence-electron chi connectivity index (χ2n) is 7.16. The molecular weight excluding hydrogens is 456 g/mol. The van der Waals surface area contributed by atoms with Crippen molar-refractivity contribution in [3.05, 3.63) is 99.4 Å². The Balaban J connectivity index is 2.05. The Kier molecular flexibility index (Phi) is 8.08. The Bertz CT molecular complexity index is 1280. The van der Waals surface area contributed by atoms with E-state index in [1.54, 1.807) is 30.0 Å². The average Bonchev–Trinajstić information content (AvgIpc) is 2.79. The van der Waals surface area contributed by atoms with Gasteiger partial charge < -0.3 is 5.32 Å². The Morgan fingerprint density at radius 3 is 2.41 bits per heavy atom. The standard InChI is InChI=1S/C25H24N2O2S3/c1-18-12-13-20(19(2)14-18)17-31-25(27-21-8-7-9-22(15-21)30-3)24(16-26)32(28,29)23-10-5-4-6-11-23/h4-15,27H,17H2,1-3H3. The molecule has 32 heavy (non-hydrogen) atoms. The Labute approximate surface area is 198 Å². The smallest absolute Gasteiger partial charge is 0.219 e. The van der Waals surface area contributed by atoms with E-state index in [1.165, 1.54) is 29.5 Å². The molecule has 0 saturated heterocycles. The number of aryl methyl sites for hydroxylation is 2. The van der Waals surface area contributed by atoms with Gasteiger partial charge in [0.05, 0.1) is 4.90 Å². The highest BCUT2D eigenvalue weighted by Crippen LogP contribution is 2.32. The number of hydrogen-bond donors (Lipinski definition) is 1. The first-order valence-electron chi connectivity index (χ1n) is 9.89. The highest BCUT2D eigenvalue weighted by Gasteiger charge is 2.25. The number of thioether (sulfide) groups is 2. The molecule has 0 fully saturated rings. The van der Waals surface area contributed by atoms with Crippen molar-refractivity contribution in [2.45, 2.75) is 29.4 Å². The van der Waals surface area contributed by atoms with Crippen LogP contribution in [0.4, 0.5) is 5.69 Å². The molecule has 0 saturated carbocycles. The van der Waals surface area contributed by atoms with Crippen molar-refractivity contribution in [3.63, 3.8) is 0 Å². The summed E-state index contributed by atoms with van der Waals surface area (Å²) in [6.45, 7) is 4.07. The van der Waals surface area contributed by atoms with Crippen molar-refractivity contribution in [3.8, 4) is 6.07 Å². The monoisotopic (exact) mass is 480 g/mol. The molecular formula is C25H24N2O2S3. The van der Waals surface area contributed by atoms with E-state index in [2.05, 4.69) is 11.4 Å². The Morgan fingerprint density at radius 1 is 1.00 bits per heavy atom. The summed E-state index contributed by atoms with van der Waals surface area (Å²) in [5, 5.41) is 13.4. The first-order valence-corrected chi connectivity index (χ1v) is 13.6. The van der Waals surface area contributed by atoms with Crippen LogP contribution >= 0.6 is 23.5 Å². The fourth-order valence-corrected chi connectivity index (χ4v) is 6.22. The zero-order chi connectivity index (χ0) is 23.1. The van der Waals surface area contributed by atoms with E-state index in [1.807, 2.05) is 62.6 Å². The number of benzene rings is 3. The van der Waals surface area contributed by atoms with Gasteiger partial charge in [-0.1, -0.05) is 48.0 Å². The molecule has 0 aliphatic rings. The summed E-state index contributed by atoms with van der Waals surface area (Å²) in [6, 6.07) is 23.9.